The predicted molar refractivity (Wildman–Crippen MR) is 202 cm³/mol. The first-order valence-electron chi connectivity index (χ1n) is 15.9. The number of furan rings is 1. The maximum absolute atomic E-state index is 6.49. The van der Waals surface area contributed by atoms with Crippen molar-refractivity contribution < 1.29 is 4.42 Å². The number of hydrogen-bond acceptors (Lipinski definition) is 3. The van der Waals surface area contributed by atoms with E-state index < -0.39 is 0 Å². The molecule has 2 nitrogen and oxygen atoms in total. The largest absolute Gasteiger partial charge is 0.456 e. The van der Waals surface area contributed by atoms with Gasteiger partial charge in [0, 0.05) is 48.0 Å². The van der Waals surface area contributed by atoms with Gasteiger partial charge in [0.15, 0.2) is 0 Å². The third-order valence-electron chi connectivity index (χ3n) is 9.40. The average Bonchev–Trinajstić information content (AvgIpc) is 3.68. The molecule has 0 aliphatic rings. The molecule has 2 heterocycles. The zero-order valence-electron chi connectivity index (χ0n) is 25.4. The molecule has 0 amide bonds. The fourth-order valence-electron chi connectivity index (χ4n) is 7.22. The highest BCUT2D eigenvalue weighted by atomic mass is 32.1. The van der Waals surface area contributed by atoms with E-state index in [1.54, 1.807) is 0 Å². The number of thiophene rings is 1. The Bertz CT molecular complexity index is 2800. The molecule has 3 heteroatoms. The standard InChI is InChI=1S/C44H27NOS/c1-2-15-32(16-3-1)45(33-17-8-14-31(24-33)36-19-9-13-28-10-6-7-18-35(28)36)34-20-22-40-39(27-34)43-41(46-40)23-21-37-38-25-29-11-4-5-12-30(29)26-42(38)47-44(37)43/h1-27H. The van der Waals surface area contributed by atoms with Crippen molar-refractivity contribution in [2.45, 2.75) is 0 Å². The predicted octanol–water partition coefficient (Wildman–Crippen LogP) is 13.4. The lowest BCUT2D eigenvalue weighted by molar-refractivity contribution is 0.669. The Labute approximate surface area is 275 Å². The van der Waals surface area contributed by atoms with Gasteiger partial charge in [-0.3, -0.25) is 0 Å². The zero-order valence-corrected chi connectivity index (χ0v) is 26.2. The van der Waals surface area contributed by atoms with Crippen LogP contribution in [0.2, 0.25) is 0 Å². The van der Waals surface area contributed by atoms with Gasteiger partial charge in [-0.05, 0) is 99.4 Å². The molecular formula is C44H27NOS. The van der Waals surface area contributed by atoms with Crippen molar-refractivity contribution in [2.75, 3.05) is 4.90 Å². The maximum atomic E-state index is 6.49. The van der Waals surface area contributed by atoms with E-state index in [9.17, 15) is 0 Å². The van der Waals surface area contributed by atoms with E-state index in [1.165, 1.54) is 58.2 Å². The highest BCUT2D eigenvalue weighted by molar-refractivity contribution is 7.26. The van der Waals surface area contributed by atoms with E-state index in [0.717, 1.165) is 33.6 Å². The molecule has 0 aliphatic carbocycles. The molecule has 0 fully saturated rings. The van der Waals surface area contributed by atoms with E-state index in [0.29, 0.717) is 0 Å². The van der Waals surface area contributed by atoms with Crippen molar-refractivity contribution in [1.82, 2.24) is 0 Å². The lowest BCUT2D eigenvalue weighted by Crippen LogP contribution is -2.09. The highest BCUT2D eigenvalue weighted by Gasteiger charge is 2.19. The van der Waals surface area contributed by atoms with Crippen LogP contribution in [0.3, 0.4) is 0 Å². The second-order valence-electron chi connectivity index (χ2n) is 12.1. The Hall–Kier alpha value is -5.90. The van der Waals surface area contributed by atoms with Gasteiger partial charge in [0.1, 0.15) is 11.2 Å². The van der Waals surface area contributed by atoms with Crippen LogP contribution in [-0.4, -0.2) is 0 Å². The summed E-state index contributed by atoms with van der Waals surface area (Å²) in [5, 5.41) is 9.92. The quantitative estimate of drug-likeness (QED) is 0.195. The Morgan fingerprint density at radius 1 is 0.426 bits per heavy atom. The van der Waals surface area contributed by atoms with Gasteiger partial charge < -0.3 is 9.32 Å². The number of fused-ring (bicyclic) bond motifs is 9. The molecule has 220 valence electrons. The second-order valence-corrected chi connectivity index (χ2v) is 13.2. The van der Waals surface area contributed by atoms with Crippen LogP contribution in [0, 0.1) is 0 Å². The molecule has 10 rings (SSSR count). The zero-order chi connectivity index (χ0) is 30.9. The van der Waals surface area contributed by atoms with Crippen LogP contribution in [0.1, 0.15) is 0 Å². The van der Waals surface area contributed by atoms with Crippen molar-refractivity contribution in [3.05, 3.63) is 164 Å². The van der Waals surface area contributed by atoms with Gasteiger partial charge in [0.25, 0.3) is 0 Å². The first-order chi connectivity index (χ1) is 23.3. The molecule has 10 aromatic rings. The fraction of sp³-hybridized carbons (Fsp3) is 0. The third-order valence-corrected chi connectivity index (χ3v) is 10.6. The minimum absolute atomic E-state index is 0.899. The van der Waals surface area contributed by atoms with Crippen molar-refractivity contribution in [1.29, 1.82) is 0 Å². The summed E-state index contributed by atoms with van der Waals surface area (Å²) in [7, 11) is 0. The SMILES string of the molecule is c1ccc(N(c2cccc(-c3cccc4ccccc34)c2)c2ccc3oc4ccc5c6cc7ccccc7cc6sc5c4c3c2)cc1. The summed E-state index contributed by atoms with van der Waals surface area (Å²) in [5.74, 6) is 0. The molecule has 0 saturated carbocycles. The molecular weight excluding hydrogens is 591 g/mol. The van der Waals surface area contributed by atoms with Crippen LogP contribution in [0.4, 0.5) is 17.1 Å². The lowest BCUT2D eigenvalue weighted by atomic mass is 9.97. The minimum atomic E-state index is 0.899. The van der Waals surface area contributed by atoms with Gasteiger partial charge in [0.2, 0.25) is 0 Å². The van der Waals surface area contributed by atoms with Crippen LogP contribution >= 0.6 is 11.3 Å². The fourth-order valence-corrected chi connectivity index (χ4v) is 8.51. The van der Waals surface area contributed by atoms with Gasteiger partial charge in [-0.1, -0.05) is 97.1 Å². The first kappa shape index (κ1) is 26.3. The summed E-state index contributed by atoms with van der Waals surface area (Å²) < 4.78 is 9.06. The highest BCUT2D eigenvalue weighted by Crippen LogP contribution is 2.45. The van der Waals surface area contributed by atoms with Crippen molar-refractivity contribution >= 4 is 92.1 Å². The van der Waals surface area contributed by atoms with Crippen LogP contribution < -0.4 is 4.90 Å². The summed E-state index contributed by atoms with van der Waals surface area (Å²) in [6.07, 6.45) is 0. The number of nitrogens with zero attached hydrogens (tertiary/aromatic N) is 1. The van der Waals surface area contributed by atoms with E-state index >= 15 is 0 Å². The van der Waals surface area contributed by atoms with E-state index in [2.05, 4.69) is 169 Å². The lowest BCUT2D eigenvalue weighted by Gasteiger charge is -2.26. The molecule has 0 unspecified atom stereocenters. The number of anilines is 3. The summed E-state index contributed by atoms with van der Waals surface area (Å²) in [6, 6.07) is 58.9. The maximum Gasteiger partial charge on any atom is 0.136 e. The Morgan fingerprint density at radius 3 is 2.02 bits per heavy atom. The molecule has 0 bridgehead atoms. The Morgan fingerprint density at radius 2 is 1.13 bits per heavy atom. The number of hydrogen-bond donors (Lipinski definition) is 0. The van der Waals surface area contributed by atoms with E-state index in [-0.39, 0.29) is 0 Å². The van der Waals surface area contributed by atoms with E-state index in [4.69, 9.17) is 4.42 Å². The molecule has 47 heavy (non-hydrogen) atoms. The molecule has 2 aromatic heterocycles. The summed E-state index contributed by atoms with van der Waals surface area (Å²) in [5.41, 5.74) is 7.54. The number of para-hydroxylation sites is 1. The monoisotopic (exact) mass is 617 g/mol. The minimum Gasteiger partial charge on any atom is -0.456 e. The molecule has 0 spiro atoms. The molecule has 8 aromatic carbocycles. The van der Waals surface area contributed by atoms with Gasteiger partial charge in [-0.15, -0.1) is 11.3 Å². The summed E-state index contributed by atoms with van der Waals surface area (Å²) in [6.45, 7) is 0. The van der Waals surface area contributed by atoms with Crippen LogP contribution in [0.25, 0.3) is 74.8 Å². The third kappa shape index (κ3) is 4.17. The second kappa shape index (κ2) is 10.3. The number of benzene rings is 8. The summed E-state index contributed by atoms with van der Waals surface area (Å²) >= 11 is 1.86. The number of rotatable bonds is 4. The van der Waals surface area contributed by atoms with E-state index in [1.807, 2.05) is 11.3 Å². The topological polar surface area (TPSA) is 16.4 Å². The molecule has 0 atom stereocenters. The summed E-state index contributed by atoms with van der Waals surface area (Å²) in [4.78, 5) is 2.35. The van der Waals surface area contributed by atoms with Crippen molar-refractivity contribution in [2.24, 2.45) is 0 Å². The first-order valence-corrected chi connectivity index (χ1v) is 16.7. The van der Waals surface area contributed by atoms with Crippen LogP contribution in [-0.2, 0) is 0 Å². The normalized spacial score (nSPS) is 11.8. The Kier molecular flexibility index (Phi) is 5.78. The molecule has 0 saturated heterocycles. The smallest absolute Gasteiger partial charge is 0.136 e. The molecule has 0 aliphatic heterocycles. The van der Waals surface area contributed by atoms with Crippen LogP contribution in [0.5, 0.6) is 0 Å². The van der Waals surface area contributed by atoms with Gasteiger partial charge in [-0.25, -0.2) is 0 Å². The van der Waals surface area contributed by atoms with Crippen LogP contribution in [0.15, 0.2) is 168 Å². The van der Waals surface area contributed by atoms with Gasteiger partial charge in [0.05, 0.1) is 0 Å². The van der Waals surface area contributed by atoms with Gasteiger partial charge >= 0.3 is 0 Å². The molecule has 0 N–H and O–H groups in total. The molecule has 0 radical (unpaired) electrons. The van der Waals surface area contributed by atoms with Gasteiger partial charge in [-0.2, -0.15) is 0 Å². The van der Waals surface area contributed by atoms with Crippen molar-refractivity contribution in [3.63, 3.8) is 0 Å². The average molecular weight is 618 g/mol. The van der Waals surface area contributed by atoms with Crippen molar-refractivity contribution in [3.8, 4) is 11.1 Å². The Balaban J connectivity index is 1.19.